The van der Waals surface area contributed by atoms with Crippen LogP contribution >= 0.6 is 0 Å². The normalized spacial score (nSPS) is 12.9. The number of nitrogens with zero attached hydrogens (tertiary/aromatic N) is 1. The van der Waals surface area contributed by atoms with Crippen LogP contribution < -0.4 is 10.2 Å². The van der Waals surface area contributed by atoms with Crippen molar-refractivity contribution < 1.29 is 4.39 Å². The molecule has 1 atom stereocenters. The average molecular weight is 252 g/mol. The van der Waals surface area contributed by atoms with Crippen LogP contribution in [0.25, 0.3) is 0 Å². The van der Waals surface area contributed by atoms with Gasteiger partial charge in [0, 0.05) is 24.8 Å². The van der Waals surface area contributed by atoms with Crippen LogP contribution in [0.1, 0.15) is 44.9 Å². The molecule has 0 radical (unpaired) electrons. The van der Waals surface area contributed by atoms with E-state index in [4.69, 9.17) is 0 Å². The zero-order chi connectivity index (χ0) is 13.9. The van der Waals surface area contributed by atoms with Crippen molar-refractivity contribution in [3.8, 4) is 0 Å². The highest BCUT2D eigenvalue weighted by atomic mass is 19.1. The molecule has 0 fully saturated rings. The fourth-order valence-electron chi connectivity index (χ4n) is 2.03. The zero-order valence-electron chi connectivity index (χ0n) is 12.3. The Bertz CT molecular complexity index is 402. The Morgan fingerprint density at radius 1 is 1.28 bits per heavy atom. The van der Waals surface area contributed by atoms with Crippen LogP contribution in [0.5, 0.6) is 0 Å². The summed E-state index contributed by atoms with van der Waals surface area (Å²) in [6.07, 6.45) is 0. The van der Waals surface area contributed by atoms with Gasteiger partial charge in [-0.15, -0.1) is 0 Å². The Morgan fingerprint density at radius 3 is 2.39 bits per heavy atom. The Balaban J connectivity index is 3.24. The fraction of sp³-hybridized carbons (Fsp3) is 0.600. The van der Waals surface area contributed by atoms with Gasteiger partial charge in [-0.05, 0) is 57.5 Å². The van der Waals surface area contributed by atoms with Crippen molar-refractivity contribution >= 4 is 5.69 Å². The minimum absolute atomic E-state index is 0.129. The third-order valence-corrected chi connectivity index (χ3v) is 3.44. The maximum Gasteiger partial charge on any atom is 0.126 e. The lowest BCUT2D eigenvalue weighted by Gasteiger charge is -2.29. The van der Waals surface area contributed by atoms with Crippen LogP contribution in [0.15, 0.2) is 12.1 Å². The summed E-state index contributed by atoms with van der Waals surface area (Å²) in [5.41, 5.74) is 2.83. The van der Waals surface area contributed by atoms with E-state index in [-0.39, 0.29) is 11.9 Å². The molecule has 0 heterocycles. The largest absolute Gasteiger partial charge is 0.372 e. The van der Waals surface area contributed by atoms with Crippen LogP contribution in [0.2, 0.25) is 0 Å². The van der Waals surface area contributed by atoms with E-state index in [2.05, 4.69) is 45.0 Å². The minimum atomic E-state index is -0.129. The first kappa shape index (κ1) is 15.0. The smallest absolute Gasteiger partial charge is 0.126 e. The minimum Gasteiger partial charge on any atom is -0.372 e. The summed E-state index contributed by atoms with van der Waals surface area (Å²) >= 11 is 0. The van der Waals surface area contributed by atoms with E-state index in [1.165, 1.54) is 0 Å². The second-order valence-corrected chi connectivity index (χ2v) is 5.14. The predicted molar refractivity (Wildman–Crippen MR) is 76.8 cm³/mol. The van der Waals surface area contributed by atoms with Gasteiger partial charge in [-0.3, -0.25) is 0 Å². The fourth-order valence-corrected chi connectivity index (χ4v) is 2.03. The number of anilines is 1. The van der Waals surface area contributed by atoms with Gasteiger partial charge in [0.15, 0.2) is 0 Å². The molecule has 0 saturated carbocycles. The molecule has 102 valence electrons. The van der Waals surface area contributed by atoms with E-state index in [9.17, 15) is 4.39 Å². The number of hydrogen-bond donors (Lipinski definition) is 1. The van der Waals surface area contributed by atoms with Gasteiger partial charge >= 0.3 is 0 Å². The standard InChI is InChI=1S/C15H25FN2/c1-7-17-12(5)13-9-14(16)11(4)8-15(13)18(6)10(2)3/h8-10,12,17H,7H2,1-6H3. The van der Waals surface area contributed by atoms with Crippen LogP contribution in [-0.2, 0) is 0 Å². The van der Waals surface area contributed by atoms with E-state index < -0.39 is 0 Å². The van der Waals surface area contributed by atoms with Crippen LogP contribution in [-0.4, -0.2) is 19.6 Å². The van der Waals surface area contributed by atoms with E-state index >= 15 is 0 Å². The van der Waals surface area contributed by atoms with Crippen molar-refractivity contribution in [2.75, 3.05) is 18.5 Å². The molecule has 0 aromatic heterocycles. The van der Waals surface area contributed by atoms with Gasteiger partial charge in [0.05, 0.1) is 0 Å². The Labute approximate surface area is 110 Å². The molecular formula is C15H25FN2. The maximum atomic E-state index is 13.8. The number of rotatable bonds is 5. The van der Waals surface area contributed by atoms with Crippen molar-refractivity contribution in [2.24, 2.45) is 0 Å². The van der Waals surface area contributed by atoms with E-state index in [1.54, 1.807) is 6.07 Å². The SMILES string of the molecule is CCNC(C)c1cc(F)c(C)cc1N(C)C(C)C. The lowest BCUT2D eigenvalue weighted by atomic mass is 10.0. The molecule has 2 nitrogen and oxygen atoms in total. The molecule has 0 aliphatic heterocycles. The molecule has 18 heavy (non-hydrogen) atoms. The van der Waals surface area contributed by atoms with Crippen LogP contribution in [0.4, 0.5) is 10.1 Å². The Kier molecular flexibility index (Phi) is 5.15. The first-order chi connectivity index (χ1) is 8.38. The molecule has 0 aliphatic rings. The molecule has 1 rings (SSSR count). The molecular weight excluding hydrogens is 227 g/mol. The summed E-state index contributed by atoms with van der Waals surface area (Å²) in [7, 11) is 2.06. The van der Waals surface area contributed by atoms with Crippen molar-refractivity contribution in [2.45, 2.75) is 46.7 Å². The molecule has 0 saturated heterocycles. The summed E-state index contributed by atoms with van der Waals surface area (Å²) in [5.74, 6) is -0.129. The van der Waals surface area contributed by atoms with Crippen LogP contribution in [0, 0.1) is 12.7 Å². The second kappa shape index (κ2) is 6.19. The molecule has 1 aromatic carbocycles. The number of hydrogen-bond acceptors (Lipinski definition) is 2. The first-order valence-corrected chi connectivity index (χ1v) is 6.64. The molecule has 1 unspecified atom stereocenters. The Hall–Kier alpha value is -1.09. The van der Waals surface area contributed by atoms with Crippen molar-refractivity contribution in [1.82, 2.24) is 5.32 Å². The zero-order valence-corrected chi connectivity index (χ0v) is 12.3. The van der Waals surface area contributed by atoms with E-state index in [1.807, 2.05) is 13.0 Å². The predicted octanol–water partition coefficient (Wildman–Crippen LogP) is 3.65. The highest BCUT2D eigenvalue weighted by Crippen LogP contribution is 2.29. The number of halogens is 1. The van der Waals surface area contributed by atoms with Gasteiger partial charge < -0.3 is 10.2 Å². The molecule has 0 amide bonds. The van der Waals surface area contributed by atoms with E-state index in [0.29, 0.717) is 11.6 Å². The summed E-state index contributed by atoms with van der Waals surface area (Å²) in [6.45, 7) is 11.1. The molecule has 1 aromatic rings. The highest BCUT2D eigenvalue weighted by Gasteiger charge is 2.17. The molecule has 3 heteroatoms. The first-order valence-electron chi connectivity index (χ1n) is 6.64. The third-order valence-electron chi connectivity index (χ3n) is 3.44. The van der Waals surface area contributed by atoms with E-state index in [0.717, 1.165) is 17.8 Å². The van der Waals surface area contributed by atoms with Gasteiger partial charge in [-0.2, -0.15) is 0 Å². The van der Waals surface area contributed by atoms with Gasteiger partial charge in [-0.1, -0.05) is 6.92 Å². The number of aryl methyl sites for hydroxylation is 1. The van der Waals surface area contributed by atoms with Crippen molar-refractivity contribution in [1.29, 1.82) is 0 Å². The van der Waals surface area contributed by atoms with Crippen molar-refractivity contribution in [3.63, 3.8) is 0 Å². The molecule has 0 aliphatic carbocycles. The highest BCUT2D eigenvalue weighted by molar-refractivity contribution is 5.57. The Morgan fingerprint density at radius 2 is 1.89 bits per heavy atom. The molecule has 1 N–H and O–H groups in total. The maximum absolute atomic E-state index is 13.8. The number of nitrogens with one attached hydrogen (secondary N) is 1. The topological polar surface area (TPSA) is 15.3 Å². The summed E-state index contributed by atoms with van der Waals surface area (Å²) in [5, 5.41) is 3.35. The summed E-state index contributed by atoms with van der Waals surface area (Å²) in [6, 6.07) is 4.15. The quantitative estimate of drug-likeness (QED) is 0.860. The third kappa shape index (κ3) is 3.22. The lowest BCUT2D eigenvalue weighted by Crippen LogP contribution is -2.29. The van der Waals surface area contributed by atoms with Gasteiger partial charge in [-0.25, -0.2) is 4.39 Å². The van der Waals surface area contributed by atoms with Crippen LogP contribution in [0.3, 0.4) is 0 Å². The number of benzene rings is 1. The summed E-state index contributed by atoms with van der Waals surface area (Å²) in [4.78, 5) is 2.19. The average Bonchev–Trinajstić information content (AvgIpc) is 2.31. The lowest BCUT2D eigenvalue weighted by molar-refractivity contribution is 0.576. The van der Waals surface area contributed by atoms with Gasteiger partial charge in [0.1, 0.15) is 5.82 Å². The molecule has 0 bridgehead atoms. The van der Waals surface area contributed by atoms with Gasteiger partial charge in [0.25, 0.3) is 0 Å². The summed E-state index contributed by atoms with van der Waals surface area (Å²) < 4.78 is 13.8. The molecule has 0 spiro atoms. The monoisotopic (exact) mass is 252 g/mol. The van der Waals surface area contributed by atoms with Crippen molar-refractivity contribution in [3.05, 3.63) is 29.1 Å². The second-order valence-electron chi connectivity index (χ2n) is 5.14. The van der Waals surface area contributed by atoms with Gasteiger partial charge in [0.2, 0.25) is 0 Å².